The summed E-state index contributed by atoms with van der Waals surface area (Å²) in [6.45, 7) is 8.01. The van der Waals surface area contributed by atoms with Gasteiger partial charge in [-0.1, -0.05) is 40.2 Å². The molecule has 0 aromatic heterocycles. The predicted octanol–water partition coefficient (Wildman–Crippen LogP) is 4.17. The van der Waals surface area contributed by atoms with Crippen LogP contribution in [-0.2, 0) is 6.54 Å². The summed E-state index contributed by atoms with van der Waals surface area (Å²) >= 11 is 3.49. The van der Waals surface area contributed by atoms with Gasteiger partial charge in [-0.3, -0.25) is 4.90 Å². The van der Waals surface area contributed by atoms with Crippen LogP contribution in [0.5, 0.6) is 5.75 Å². The standard InChI is InChI=1S/C19H23BrN2O/c1-2-23-19-6-4-3-5-18(19)22-13-11-21(12-14-22)15-16-7-9-17(20)10-8-16/h3-10H,2,11-15H2,1H3. The molecule has 1 fully saturated rings. The Labute approximate surface area is 147 Å². The number of anilines is 1. The second kappa shape index (κ2) is 7.84. The van der Waals surface area contributed by atoms with Crippen LogP contribution in [0.15, 0.2) is 53.0 Å². The van der Waals surface area contributed by atoms with Crippen LogP contribution in [-0.4, -0.2) is 37.7 Å². The molecule has 0 N–H and O–H groups in total. The lowest BCUT2D eigenvalue weighted by atomic mass is 10.2. The van der Waals surface area contributed by atoms with E-state index in [0.29, 0.717) is 6.61 Å². The first-order valence-corrected chi connectivity index (χ1v) is 8.99. The third-order valence-corrected chi connectivity index (χ3v) is 4.73. The van der Waals surface area contributed by atoms with Crippen molar-refractivity contribution in [2.45, 2.75) is 13.5 Å². The van der Waals surface area contributed by atoms with Gasteiger partial charge in [0.2, 0.25) is 0 Å². The molecule has 2 aromatic rings. The summed E-state index contributed by atoms with van der Waals surface area (Å²) < 4.78 is 6.90. The molecule has 3 rings (SSSR count). The van der Waals surface area contributed by atoms with Crippen LogP contribution < -0.4 is 9.64 Å². The monoisotopic (exact) mass is 374 g/mol. The van der Waals surface area contributed by atoms with E-state index in [2.05, 4.69) is 68.2 Å². The van der Waals surface area contributed by atoms with Crippen molar-refractivity contribution in [2.24, 2.45) is 0 Å². The highest BCUT2D eigenvalue weighted by atomic mass is 79.9. The molecule has 0 unspecified atom stereocenters. The fourth-order valence-corrected chi connectivity index (χ4v) is 3.26. The van der Waals surface area contributed by atoms with Gasteiger partial charge in [0.1, 0.15) is 5.75 Å². The maximum absolute atomic E-state index is 5.76. The van der Waals surface area contributed by atoms with E-state index in [1.807, 2.05) is 13.0 Å². The molecule has 1 aliphatic rings. The Hall–Kier alpha value is -1.52. The number of rotatable bonds is 5. The molecule has 0 aliphatic carbocycles. The van der Waals surface area contributed by atoms with Gasteiger partial charge in [0.05, 0.1) is 12.3 Å². The fourth-order valence-electron chi connectivity index (χ4n) is 2.99. The number of hydrogen-bond acceptors (Lipinski definition) is 3. The summed E-state index contributed by atoms with van der Waals surface area (Å²) in [5.41, 5.74) is 2.59. The minimum atomic E-state index is 0.709. The molecule has 2 aromatic carbocycles. The number of benzene rings is 2. The van der Waals surface area contributed by atoms with Gasteiger partial charge in [0.15, 0.2) is 0 Å². The Morgan fingerprint density at radius 1 is 0.957 bits per heavy atom. The van der Waals surface area contributed by atoms with Gasteiger partial charge in [0.25, 0.3) is 0 Å². The molecule has 1 saturated heterocycles. The zero-order valence-electron chi connectivity index (χ0n) is 13.5. The minimum absolute atomic E-state index is 0.709. The molecule has 23 heavy (non-hydrogen) atoms. The second-order valence-corrected chi connectivity index (χ2v) is 6.71. The molecule has 0 spiro atoms. The van der Waals surface area contributed by atoms with Gasteiger partial charge >= 0.3 is 0 Å². The van der Waals surface area contributed by atoms with Crippen molar-refractivity contribution >= 4 is 21.6 Å². The molecular formula is C19H23BrN2O. The van der Waals surface area contributed by atoms with Crippen LogP contribution in [0.1, 0.15) is 12.5 Å². The van der Waals surface area contributed by atoms with Crippen molar-refractivity contribution in [3.63, 3.8) is 0 Å². The van der Waals surface area contributed by atoms with Gasteiger partial charge in [-0.05, 0) is 36.8 Å². The Morgan fingerprint density at radius 3 is 2.35 bits per heavy atom. The Balaban J connectivity index is 1.59. The Morgan fingerprint density at radius 2 is 1.65 bits per heavy atom. The fraction of sp³-hybridized carbons (Fsp3) is 0.368. The Kier molecular flexibility index (Phi) is 5.57. The highest BCUT2D eigenvalue weighted by molar-refractivity contribution is 9.10. The average molecular weight is 375 g/mol. The first kappa shape index (κ1) is 16.3. The summed E-state index contributed by atoms with van der Waals surface area (Å²) in [7, 11) is 0. The van der Waals surface area contributed by atoms with Crippen molar-refractivity contribution in [2.75, 3.05) is 37.7 Å². The molecule has 0 amide bonds. The highest BCUT2D eigenvalue weighted by Gasteiger charge is 2.19. The molecule has 122 valence electrons. The number of hydrogen-bond donors (Lipinski definition) is 0. The molecule has 1 heterocycles. The van der Waals surface area contributed by atoms with Crippen molar-refractivity contribution in [1.29, 1.82) is 0 Å². The second-order valence-electron chi connectivity index (χ2n) is 5.79. The van der Waals surface area contributed by atoms with Crippen LogP contribution in [0, 0.1) is 0 Å². The van der Waals surface area contributed by atoms with Crippen molar-refractivity contribution < 1.29 is 4.74 Å². The molecule has 0 radical (unpaired) electrons. The average Bonchev–Trinajstić information content (AvgIpc) is 2.59. The van der Waals surface area contributed by atoms with Gasteiger partial charge in [0, 0.05) is 37.2 Å². The number of halogens is 1. The first-order chi connectivity index (χ1) is 11.3. The van der Waals surface area contributed by atoms with Gasteiger partial charge in [-0.15, -0.1) is 0 Å². The summed E-state index contributed by atoms with van der Waals surface area (Å²) in [5, 5.41) is 0. The third-order valence-electron chi connectivity index (χ3n) is 4.20. The van der Waals surface area contributed by atoms with E-state index in [1.54, 1.807) is 0 Å². The summed E-state index contributed by atoms with van der Waals surface area (Å²) in [4.78, 5) is 4.95. The lowest BCUT2D eigenvalue weighted by molar-refractivity contribution is 0.248. The predicted molar refractivity (Wildman–Crippen MR) is 99.2 cm³/mol. The van der Waals surface area contributed by atoms with Crippen LogP contribution in [0.2, 0.25) is 0 Å². The molecule has 3 nitrogen and oxygen atoms in total. The van der Waals surface area contributed by atoms with Crippen molar-refractivity contribution in [3.8, 4) is 5.75 Å². The van der Waals surface area contributed by atoms with E-state index in [1.165, 1.54) is 11.3 Å². The quantitative estimate of drug-likeness (QED) is 0.780. The topological polar surface area (TPSA) is 15.7 Å². The number of piperazine rings is 1. The minimum Gasteiger partial charge on any atom is -0.492 e. The Bertz CT molecular complexity index is 622. The van der Waals surface area contributed by atoms with Gasteiger partial charge in [-0.25, -0.2) is 0 Å². The smallest absolute Gasteiger partial charge is 0.142 e. The first-order valence-electron chi connectivity index (χ1n) is 8.20. The molecule has 1 aliphatic heterocycles. The van der Waals surface area contributed by atoms with Crippen molar-refractivity contribution in [1.82, 2.24) is 4.90 Å². The number of ether oxygens (including phenoxy) is 1. The van der Waals surface area contributed by atoms with E-state index in [9.17, 15) is 0 Å². The van der Waals surface area contributed by atoms with E-state index < -0.39 is 0 Å². The summed E-state index contributed by atoms with van der Waals surface area (Å²) in [6, 6.07) is 17.0. The van der Waals surface area contributed by atoms with Crippen LogP contribution in [0.4, 0.5) is 5.69 Å². The zero-order valence-corrected chi connectivity index (χ0v) is 15.1. The number of nitrogens with zero attached hydrogens (tertiary/aromatic N) is 2. The van der Waals surface area contributed by atoms with Crippen molar-refractivity contribution in [3.05, 3.63) is 58.6 Å². The zero-order chi connectivity index (χ0) is 16.1. The van der Waals surface area contributed by atoms with E-state index in [0.717, 1.165) is 42.9 Å². The molecule has 0 saturated carbocycles. The lowest BCUT2D eigenvalue weighted by Gasteiger charge is -2.36. The lowest BCUT2D eigenvalue weighted by Crippen LogP contribution is -2.46. The van der Waals surface area contributed by atoms with Crippen LogP contribution >= 0.6 is 15.9 Å². The van der Waals surface area contributed by atoms with Crippen LogP contribution in [0.25, 0.3) is 0 Å². The summed E-state index contributed by atoms with van der Waals surface area (Å²) in [6.07, 6.45) is 0. The van der Waals surface area contributed by atoms with Gasteiger partial charge in [-0.2, -0.15) is 0 Å². The molecule has 4 heteroatoms. The maximum Gasteiger partial charge on any atom is 0.142 e. The number of para-hydroxylation sites is 2. The van der Waals surface area contributed by atoms with E-state index >= 15 is 0 Å². The van der Waals surface area contributed by atoms with E-state index in [4.69, 9.17) is 4.74 Å². The molecule has 0 atom stereocenters. The third kappa shape index (κ3) is 4.27. The normalized spacial score (nSPS) is 15.7. The van der Waals surface area contributed by atoms with Gasteiger partial charge < -0.3 is 9.64 Å². The summed E-state index contributed by atoms with van der Waals surface area (Å²) in [5.74, 6) is 0.997. The van der Waals surface area contributed by atoms with E-state index in [-0.39, 0.29) is 0 Å². The molecular weight excluding hydrogens is 352 g/mol. The largest absolute Gasteiger partial charge is 0.492 e. The molecule has 0 bridgehead atoms. The van der Waals surface area contributed by atoms with Crippen LogP contribution in [0.3, 0.4) is 0 Å². The maximum atomic E-state index is 5.76. The SMILES string of the molecule is CCOc1ccccc1N1CCN(Cc2ccc(Br)cc2)CC1. The highest BCUT2D eigenvalue weighted by Crippen LogP contribution is 2.29.